The van der Waals surface area contributed by atoms with E-state index in [1.165, 1.54) is 4.68 Å². The Balaban J connectivity index is 1.50. The van der Waals surface area contributed by atoms with Crippen LogP contribution in [0.5, 0.6) is 11.5 Å². The van der Waals surface area contributed by atoms with E-state index in [9.17, 15) is 9.59 Å². The highest BCUT2D eigenvalue weighted by Crippen LogP contribution is 2.39. The molecule has 7 heteroatoms. The number of hydrogen-bond acceptors (Lipinski definition) is 5. The van der Waals surface area contributed by atoms with Crippen LogP contribution < -0.4 is 20.3 Å². The molecule has 0 bridgehead atoms. The highest BCUT2D eigenvalue weighted by Gasteiger charge is 2.26. The van der Waals surface area contributed by atoms with Crippen LogP contribution in [0.25, 0.3) is 0 Å². The van der Waals surface area contributed by atoms with E-state index >= 15 is 0 Å². The summed E-state index contributed by atoms with van der Waals surface area (Å²) < 4.78 is 12.0. The van der Waals surface area contributed by atoms with Crippen molar-refractivity contribution in [2.75, 3.05) is 14.2 Å². The minimum absolute atomic E-state index is 0.0642. The predicted molar refractivity (Wildman–Crippen MR) is 104 cm³/mol. The number of rotatable bonds is 5. The first-order valence-electron chi connectivity index (χ1n) is 9.73. The zero-order valence-corrected chi connectivity index (χ0v) is 16.3. The number of amides is 1. The number of carbonyl (C=O) groups excluding carboxylic acids is 1. The maximum atomic E-state index is 12.6. The molecule has 2 aliphatic carbocycles. The number of hydrogen-bond donors (Lipinski definition) is 1. The number of aromatic nitrogens is 2. The van der Waals surface area contributed by atoms with Gasteiger partial charge in [-0.15, -0.1) is 0 Å². The molecule has 4 rings (SSSR count). The molecule has 0 unspecified atom stereocenters. The van der Waals surface area contributed by atoms with E-state index in [4.69, 9.17) is 9.47 Å². The van der Waals surface area contributed by atoms with Crippen molar-refractivity contribution in [1.82, 2.24) is 15.1 Å². The van der Waals surface area contributed by atoms with E-state index in [2.05, 4.69) is 10.4 Å². The lowest BCUT2D eigenvalue weighted by Gasteiger charge is -2.18. The van der Waals surface area contributed by atoms with Crippen molar-refractivity contribution in [2.45, 2.75) is 51.1 Å². The smallest absolute Gasteiger partial charge is 0.267 e. The minimum Gasteiger partial charge on any atom is -0.493 e. The fraction of sp³-hybridized carbons (Fsp3) is 0.476. The van der Waals surface area contributed by atoms with Gasteiger partial charge in [-0.05, 0) is 67.3 Å². The number of fused-ring (bicyclic) bond motifs is 2. The third-order valence-electron chi connectivity index (χ3n) is 5.63. The molecule has 0 saturated heterocycles. The van der Waals surface area contributed by atoms with Crippen molar-refractivity contribution in [3.05, 3.63) is 50.9 Å². The van der Waals surface area contributed by atoms with Crippen molar-refractivity contribution < 1.29 is 14.3 Å². The van der Waals surface area contributed by atoms with E-state index in [0.717, 1.165) is 60.9 Å². The van der Waals surface area contributed by atoms with E-state index in [1.54, 1.807) is 20.3 Å². The van der Waals surface area contributed by atoms with Gasteiger partial charge < -0.3 is 14.8 Å². The molecule has 7 nitrogen and oxygen atoms in total. The molecule has 148 valence electrons. The minimum atomic E-state index is -0.214. The number of carbonyl (C=O) groups is 1. The van der Waals surface area contributed by atoms with E-state index < -0.39 is 0 Å². The number of benzene rings is 1. The average molecular weight is 383 g/mol. The second-order valence-electron chi connectivity index (χ2n) is 7.38. The first-order chi connectivity index (χ1) is 13.6. The largest absolute Gasteiger partial charge is 0.493 e. The summed E-state index contributed by atoms with van der Waals surface area (Å²) in [5.74, 6) is 1.13. The molecule has 1 aromatic heterocycles. The molecular weight excluding hydrogens is 358 g/mol. The molecule has 1 atom stereocenters. The van der Waals surface area contributed by atoms with Gasteiger partial charge in [0.15, 0.2) is 11.5 Å². The van der Waals surface area contributed by atoms with Gasteiger partial charge in [-0.2, -0.15) is 5.10 Å². The van der Waals surface area contributed by atoms with Gasteiger partial charge in [0.1, 0.15) is 6.54 Å². The molecule has 1 N–H and O–H groups in total. The van der Waals surface area contributed by atoms with Gasteiger partial charge in [0, 0.05) is 6.07 Å². The first kappa shape index (κ1) is 18.5. The van der Waals surface area contributed by atoms with Crippen molar-refractivity contribution in [1.29, 1.82) is 0 Å². The van der Waals surface area contributed by atoms with Crippen molar-refractivity contribution >= 4 is 5.91 Å². The highest BCUT2D eigenvalue weighted by atomic mass is 16.5. The molecule has 0 radical (unpaired) electrons. The van der Waals surface area contributed by atoms with E-state index in [-0.39, 0.29) is 24.1 Å². The Morgan fingerprint density at radius 2 is 1.86 bits per heavy atom. The second-order valence-corrected chi connectivity index (χ2v) is 7.38. The average Bonchev–Trinajstić information content (AvgIpc) is 3.08. The Kier molecular flexibility index (Phi) is 5.07. The van der Waals surface area contributed by atoms with Crippen LogP contribution in [0.1, 0.15) is 47.7 Å². The Morgan fingerprint density at radius 3 is 2.64 bits per heavy atom. The summed E-state index contributed by atoms with van der Waals surface area (Å²) in [4.78, 5) is 24.9. The summed E-state index contributed by atoms with van der Waals surface area (Å²) in [5, 5.41) is 7.47. The van der Waals surface area contributed by atoms with Gasteiger partial charge in [-0.3, -0.25) is 9.59 Å². The maximum Gasteiger partial charge on any atom is 0.267 e. The SMILES string of the molecule is COc1cc2c(cc1OC)[C@H](NC(=O)Cn1nc3c(cc1=O)CCCC3)CC2. The molecule has 2 aliphatic rings. The van der Waals surface area contributed by atoms with Crippen LogP contribution in [-0.2, 0) is 30.6 Å². The van der Waals surface area contributed by atoms with Crippen LogP contribution >= 0.6 is 0 Å². The fourth-order valence-corrected chi connectivity index (χ4v) is 4.17. The van der Waals surface area contributed by atoms with Gasteiger partial charge in [0.2, 0.25) is 5.91 Å². The Bertz CT molecular complexity index is 967. The third-order valence-corrected chi connectivity index (χ3v) is 5.63. The lowest BCUT2D eigenvalue weighted by atomic mass is 9.97. The lowest BCUT2D eigenvalue weighted by Crippen LogP contribution is -2.36. The molecule has 0 fully saturated rings. The van der Waals surface area contributed by atoms with Crippen molar-refractivity contribution in [3.8, 4) is 11.5 Å². The van der Waals surface area contributed by atoms with Crippen LogP contribution in [0.15, 0.2) is 23.0 Å². The zero-order chi connectivity index (χ0) is 19.7. The number of ether oxygens (including phenoxy) is 2. The molecule has 1 amide bonds. The Morgan fingerprint density at radius 1 is 1.11 bits per heavy atom. The number of aryl methyl sites for hydroxylation is 3. The van der Waals surface area contributed by atoms with E-state index in [1.807, 2.05) is 12.1 Å². The standard InChI is InChI=1S/C21H25N3O4/c1-27-18-9-13-7-8-17(15(13)11-19(18)28-2)22-20(25)12-24-21(26)10-14-5-3-4-6-16(14)23-24/h9-11,17H,3-8,12H2,1-2H3,(H,22,25)/t17-/m1/s1. The molecular formula is C21H25N3O4. The second kappa shape index (κ2) is 7.66. The molecule has 1 aromatic carbocycles. The maximum absolute atomic E-state index is 12.6. The van der Waals surface area contributed by atoms with Crippen LogP contribution in [0.3, 0.4) is 0 Å². The van der Waals surface area contributed by atoms with Gasteiger partial charge in [0.05, 0.1) is 26.0 Å². The molecule has 2 aromatic rings. The summed E-state index contributed by atoms with van der Waals surface area (Å²) in [7, 11) is 3.21. The zero-order valence-electron chi connectivity index (χ0n) is 16.3. The first-order valence-corrected chi connectivity index (χ1v) is 9.73. The monoisotopic (exact) mass is 383 g/mol. The summed E-state index contributed by atoms with van der Waals surface area (Å²) in [6.45, 7) is -0.0642. The molecule has 1 heterocycles. The normalized spacial score (nSPS) is 17.6. The quantitative estimate of drug-likeness (QED) is 0.853. The number of methoxy groups -OCH3 is 2. The van der Waals surface area contributed by atoms with Crippen LogP contribution in [0.2, 0.25) is 0 Å². The number of nitrogens with zero attached hydrogens (tertiary/aromatic N) is 2. The Hall–Kier alpha value is -2.83. The van der Waals surface area contributed by atoms with Crippen LogP contribution in [-0.4, -0.2) is 29.9 Å². The fourth-order valence-electron chi connectivity index (χ4n) is 4.17. The molecule has 28 heavy (non-hydrogen) atoms. The van der Waals surface area contributed by atoms with Gasteiger partial charge >= 0.3 is 0 Å². The number of nitrogens with one attached hydrogen (secondary N) is 1. The summed E-state index contributed by atoms with van der Waals surface area (Å²) in [5.41, 5.74) is 3.94. The summed E-state index contributed by atoms with van der Waals surface area (Å²) in [6.07, 6.45) is 5.60. The predicted octanol–water partition coefficient (Wildman–Crippen LogP) is 1.94. The molecule has 0 spiro atoms. The third kappa shape index (κ3) is 3.48. The summed E-state index contributed by atoms with van der Waals surface area (Å²) in [6, 6.07) is 5.43. The highest BCUT2D eigenvalue weighted by molar-refractivity contribution is 5.76. The van der Waals surface area contributed by atoms with Crippen LogP contribution in [0.4, 0.5) is 0 Å². The molecule has 0 aliphatic heterocycles. The topological polar surface area (TPSA) is 82.4 Å². The van der Waals surface area contributed by atoms with Crippen LogP contribution in [0, 0.1) is 0 Å². The van der Waals surface area contributed by atoms with Gasteiger partial charge in [0.25, 0.3) is 5.56 Å². The van der Waals surface area contributed by atoms with Crippen molar-refractivity contribution in [2.24, 2.45) is 0 Å². The van der Waals surface area contributed by atoms with Gasteiger partial charge in [-0.1, -0.05) is 0 Å². The van der Waals surface area contributed by atoms with Gasteiger partial charge in [-0.25, -0.2) is 4.68 Å². The Labute approximate surface area is 163 Å². The van der Waals surface area contributed by atoms with E-state index in [0.29, 0.717) is 11.5 Å². The molecule has 0 saturated carbocycles. The van der Waals surface area contributed by atoms with Crippen molar-refractivity contribution in [3.63, 3.8) is 0 Å². The summed E-state index contributed by atoms with van der Waals surface area (Å²) >= 11 is 0. The lowest BCUT2D eigenvalue weighted by molar-refractivity contribution is -0.122.